The molecule has 6 heteroatoms. The quantitative estimate of drug-likeness (QED) is 0.686. The van der Waals surface area contributed by atoms with E-state index in [1.807, 2.05) is 52.8 Å². The molecule has 0 saturated heterocycles. The molecule has 2 amide bonds. The number of methoxy groups -OCH3 is 1. The maximum absolute atomic E-state index is 12.3. The highest BCUT2D eigenvalue weighted by Gasteiger charge is 2.14. The Kier molecular flexibility index (Phi) is 8.68. The van der Waals surface area contributed by atoms with E-state index in [4.69, 9.17) is 9.47 Å². The van der Waals surface area contributed by atoms with Crippen LogP contribution in [0.4, 0.5) is 0 Å². The summed E-state index contributed by atoms with van der Waals surface area (Å²) in [6.07, 6.45) is 3.21. The molecule has 144 valence electrons. The lowest BCUT2D eigenvalue weighted by Crippen LogP contribution is -2.42. The second-order valence-electron chi connectivity index (χ2n) is 6.48. The topological polar surface area (TPSA) is 67.9 Å². The van der Waals surface area contributed by atoms with Crippen LogP contribution in [0, 0.1) is 0 Å². The number of hydrogen-bond acceptors (Lipinski definition) is 4. The third-order valence-corrected chi connectivity index (χ3v) is 3.45. The first kappa shape index (κ1) is 21.5. The number of nitrogens with one attached hydrogen (secondary N) is 1. The molecule has 0 bridgehead atoms. The van der Waals surface area contributed by atoms with Gasteiger partial charge in [0.15, 0.2) is 11.5 Å². The molecule has 0 fully saturated rings. The van der Waals surface area contributed by atoms with Gasteiger partial charge in [0.05, 0.1) is 19.8 Å². The van der Waals surface area contributed by atoms with Gasteiger partial charge in [-0.2, -0.15) is 0 Å². The average molecular weight is 362 g/mol. The van der Waals surface area contributed by atoms with Gasteiger partial charge in [-0.1, -0.05) is 6.07 Å². The minimum absolute atomic E-state index is 0.0435. The molecule has 0 atom stereocenters. The summed E-state index contributed by atoms with van der Waals surface area (Å²) in [6.45, 7) is 10.0. The number of carbonyl (C=O) groups excluding carboxylic acids is 2. The largest absolute Gasteiger partial charge is 0.493 e. The van der Waals surface area contributed by atoms with E-state index in [9.17, 15) is 9.59 Å². The summed E-state index contributed by atoms with van der Waals surface area (Å²) in [5, 5.41) is 2.79. The molecule has 6 nitrogen and oxygen atoms in total. The lowest BCUT2D eigenvalue weighted by Gasteiger charge is -2.19. The highest BCUT2D eigenvalue weighted by Crippen LogP contribution is 2.29. The molecule has 1 aromatic carbocycles. The van der Waals surface area contributed by atoms with Crippen LogP contribution in [-0.4, -0.2) is 49.1 Å². The minimum atomic E-state index is -0.215. The lowest BCUT2D eigenvalue weighted by molar-refractivity contribution is -0.132. The van der Waals surface area contributed by atoms with Crippen LogP contribution in [0.3, 0.4) is 0 Å². The smallest absolute Gasteiger partial charge is 0.247 e. The van der Waals surface area contributed by atoms with E-state index in [0.717, 1.165) is 5.56 Å². The van der Waals surface area contributed by atoms with Crippen LogP contribution in [0.15, 0.2) is 24.3 Å². The van der Waals surface area contributed by atoms with Crippen LogP contribution in [0.25, 0.3) is 6.08 Å². The number of benzene rings is 1. The van der Waals surface area contributed by atoms with E-state index in [-0.39, 0.29) is 30.5 Å². The second kappa shape index (κ2) is 10.5. The number of ether oxygens (including phenoxy) is 2. The molecule has 0 spiro atoms. The first-order valence-corrected chi connectivity index (χ1v) is 8.87. The van der Waals surface area contributed by atoms with Gasteiger partial charge in [-0.3, -0.25) is 9.59 Å². The van der Waals surface area contributed by atoms with Gasteiger partial charge in [-0.05, 0) is 58.4 Å². The standard InChI is InChI=1S/C20H30N2O4/c1-7-22(13-19(23)21-14(2)3)20(24)11-9-16-8-10-17(26-15(4)5)18(12-16)25-6/h8-12,14-15H,7,13H2,1-6H3,(H,21,23). The molecule has 0 heterocycles. The molecule has 0 unspecified atom stereocenters. The predicted octanol–water partition coefficient (Wildman–Crippen LogP) is 2.87. The molecule has 0 aromatic heterocycles. The fraction of sp³-hybridized carbons (Fsp3) is 0.500. The molecule has 0 saturated carbocycles. The van der Waals surface area contributed by atoms with Gasteiger partial charge in [0.25, 0.3) is 0 Å². The Morgan fingerprint density at radius 3 is 2.42 bits per heavy atom. The van der Waals surface area contributed by atoms with Crippen LogP contribution in [0.5, 0.6) is 11.5 Å². The molecule has 1 rings (SSSR count). The number of rotatable bonds is 9. The van der Waals surface area contributed by atoms with Gasteiger partial charge in [-0.15, -0.1) is 0 Å². The second-order valence-corrected chi connectivity index (χ2v) is 6.48. The Bertz CT molecular complexity index is 639. The van der Waals surface area contributed by atoms with E-state index in [0.29, 0.717) is 18.0 Å². The van der Waals surface area contributed by atoms with Crippen LogP contribution in [0.1, 0.15) is 40.2 Å². The molecule has 0 aliphatic carbocycles. The van der Waals surface area contributed by atoms with Gasteiger partial charge in [-0.25, -0.2) is 0 Å². The Labute approximate surface area is 156 Å². The number of nitrogens with zero attached hydrogens (tertiary/aromatic N) is 1. The third-order valence-electron chi connectivity index (χ3n) is 3.45. The van der Waals surface area contributed by atoms with E-state index >= 15 is 0 Å². The van der Waals surface area contributed by atoms with Crippen LogP contribution in [-0.2, 0) is 9.59 Å². The molecule has 1 aromatic rings. The highest BCUT2D eigenvalue weighted by atomic mass is 16.5. The maximum atomic E-state index is 12.3. The van der Waals surface area contributed by atoms with Gasteiger partial charge >= 0.3 is 0 Å². The third kappa shape index (κ3) is 7.17. The van der Waals surface area contributed by atoms with Crippen molar-refractivity contribution in [2.24, 2.45) is 0 Å². The summed E-state index contributed by atoms with van der Waals surface area (Å²) in [5.41, 5.74) is 0.814. The van der Waals surface area contributed by atoms with Crippen molar-refractivity contribution < 1.29 is 19.1 Å². The summed E-state index contributed by atoms with van der Waals surface area (Å²) in [6, 6.07) is 5.52. The molecular formula is C20H30N2O4. The van der Waals surface area contributed by atoms with Gasteiger partial charge in [0, 0.05) is 18.7 Å². The molecule has 0 aliphatic rings. The minimum Gasteiger partial charge on any atom is -0.493 e. The van der Waals surface area contributed by atoms with Gasteiger partial charge in [0.1, 0.15) is 0 Å². The molecule has 26 heavy (non-hydrogen) atoms. The van der Waals surface area contributed by atoms with Crippen molar-refractivity contribution in [1.82, 2.24) is 10.2 Å². The summed E-state index contributed by atoms with van der Waals surface area (Å²) in [4.78, 5) is 25.7. The monoisotopic (exact) mass is 362 g/mol. The zero-order chi connectivity index (χ0) is 19.7. The summed E-state index contributed by atoms with van der Waals surface area (Å²) < 4.78 is 11.0. The molecule has 1 N–H and O–H groups in total. The van der Waals surface area contributed by atoms with E-state index in [1.54, 1.807) is 13.2 Å². The van der Waals surface area contributed by atoms with Gasteiger partial charge < -0.3 is 19.7 Å². The number of carbonyl (C=O) groups is 2. The first-order valence-electron chi connectivity index (χ1n) is 8.87. The molecular weight excluding hydrogens is 332 g/mol. The fourth-order valence-corrected chi connectivity index (χ4v) is 2.30. The maximum Gasteiger partial charge on any atom is 0.247 e. The normalized spacial score (nSPS) is 11.1. The summed E-state index contributed by atoms with van der Waals surface area (Å²) in [5.74, 6) is 0.886. The highest BCUT2D eigenvalue weighted by molar-refractivity contribution is 5.94. The fourth-order valence-electron chi connectivity index (χ4n) is 2.30. The lowest BCUT2D eigenvalue weighted by atomic mass is 10.2. The Morgan fingerprint density at radius 1 is 1.19 bits per heavy atom. The van der Waals surface area contributed by atoms with E-state index in [2.05, 4.69) is 5.32 Å². The van der Waals surface area contributed by atoms with Crippen LogP contribution < -0.4 is 14.8 Å². The predicted molar refractivity (Wildman–Crippen MR) is 103 cm³/mol. The summed E-state index contributed by atoms with van der Waals surface area (Å²) in [7, 11) is 1.58. The molecule has 0 aliphatic heterocycles. The molecule has 0 radical (unpaired) electrons. The van der Waals surface area contributed by atoms with E-state index in [1.165, 1.54) is 11.0 Å². The number of amides is 2. The van der Waals surface area contributed by atoms with Crippen LogP contribution in [0.2, 0.25) is 0 Å². The van der Waals surface area contributed by atoms with E-state index < -0.39 is 0 Å². The van der Waals surface area contributed by atoms with Crippen molar-refractivity contribution in [3.63, 3.8) is 0 Å². The van der Waals surface area contributed by atoms with Crippen molar-refractivity contribution >= 4 is 17.9 Å². The van der Waals surface area contributed by atoms with Gasteiger partial charge in [0.2, 0.25) is 11.8 Å². The van der Waals surface area contributed by atoms with Crippen molar-refractivity contribution in [3.8, 4) is 11.5 Å². The van der Waals surface area contributed by atoms with Crippen molar-refractivity contribution in [3.05, 3.63) is 29.8 Å². The van der Waals surface area contributed by atoms with Crippen molar-refractivity contribution in [2.45, 2.75) is 46.8 Å². The first-order chi connectivity index (χ1) is 12.3. The number of likely N-dealkylation sites (N-methyl/N-ethyl adjacent to an activating group) is 1. The SMILES string of the molecule is CCN(CC(=O)NC(C)C)C(=O)C=Cc1ccc(OC(C)C)c(OC)c1. The Hall–Kier alpha value is -2.50. The number of hydrogen-bond donors (Lipinski definition) is 1. The van der Waals surface area contributed by atoms with Crippen LogP contribution >= 0.6 is 0 Å². The summed E-state index contributed by atoms with van der Waals surface area (Å²) >= 11 is 0. The average Bonchev–Trinajstić information content (AvgIpc) is 2.57. The van der Waals surface area contributed by atoms with Crippen molar-refractivity contribution in [2.75, 3.05) is 20.2 Å². The Morgan fingerprint density at radius 2 is 1.88 bits per heavy atom. The van der Waals surface area contributed by atoms with Crippen molar-refractivity contribution in [1.29, 1.82) is 0 Å². The zero-order valence-corrected chi connectivity index (χ0v) is 16.5. The zero-order valence-electron chi connectivity index (χ0n) is 16.5. The Balaban J connectivity index is 2.81.